The molecule has 1 aromatic carbocycles. The number of allylic oxidation sites excluding steroid dienone is 1. The maximum atomic E-state index is 13.4. The fourth-order valence-corrected chi connectivity index (χ4v) is 5.63. The van der Waals surface area contributed by atoms with E-state index in [1.54, 1.807) is 6.92 Å². The fourth-order valence-electron chi connectivity index (χ4n) is 5.63. The lowest BCUT2D eigenvalue weighted by Gasteiger charge is -2.50. The van der Waals surface area contributed by atoms with Gasteiger partial charge in [0.05, 0.1) is 16.5 Å². The smallest absolute Gasteiger partial charge is 0.311 e. The highest BCUT2D eigenvalue weighted by molar-refractivity contribution is 6.24. The van der Waals surface area contributed by atoms with Crippen LogP contribution in [0.1, 0.15) is 27.9 Å². The minimum Gasteiger partial charge on any atom is -0.510 e. The SMILES string of the molecule is Cc1cc([N+](=O)[O-])c(O)c2c1C[C@H]1C[C@H]3[C@H](N(C)C)C(O)=C(C(N)=O)C(=O)[C@@]3(O)C(O)=C1C2=O. The molecule has 4 rings (SSSR count). The predicted molar refractivity (Wildman–Crippen MR) is 115 cm³/mol. The Labute approximate surface area is 192 Å². The van der Waals surface area contributed by atoms with E-state index in [0.717, 1.165) is 6.07 Å². The number of aliphatic hydroxyl groups is 3. The maximum absolute atomic E-state index is 13.4. The zero-order valence-corrected chi connectivity index (χ0v) is 18.5. The monoisotopic (exact) mass is 473 g/mol. The lowest BCUT2D eigenvalue weighted by atomic mass is 9.58. The standard InChI is InChI=1S/C22H23N3O9/c1-7-4-11(25(33)34)16(26)13-9(7)5-8-6-10-15(24(2)3)18(28)14(21(23)31)20(30)22(10,32)19(29)12(8)17(13)27/h4,8,10,15,26,28-29,32H,5-6H2,1-3H3,(H2,23,31)/t8-,10-,15-,22-/m0/s1. The molecule has 34 heavy (non-hydrogen) atoms. The highest BCUT2D eigenvalue weighted by atomic mass is 16.6. The summed E-state index contributed by atoms with van der Waals surface area (Å²) in [7, 11) is 3.07. The third-order valence-electron chi connectivity index (χ3n) is 7.12. The van der Waals surface area contributed by atoms with Crippen molar-refractivity contribution in [2.24, 2.45) is 17.6 Å². The number of phenolic OH excluding ortho intramolecular Hbond substituents is 1. The number of hydrogen-bond acceptors (Lipinski definition) is 10. The molecule has 0 saturated carbocycles. The van der Waals surface area contributed by atoms with Crippen LogP contribution >= 0.6 is 0 Å². The number of nitrogens with two attached hydrogens (primary N) is 1. The number of ketones is 2. The normalized spacial score (nSPS) is 28.6. The van der Waals surface area contributed by atoms with Crippen LogP contribution in [0.15, 0.2) is 28.7 Å². The molecule has 12 heteroatoms. The van der Waals surface area contributed by atoms with Gasteiger partial charge in [-0.05, 0) is 50.9 Å². The highest BCUT2D eigenvalue weighted by Crippen LogP contribution is 2.53. The van der Waals surface area contributed by atoms with Crippen molar-refractivity contribution in [1.29, 1.82) is 0 Å². The number of fused-ring (bicyclic) bond motifs is 3. The molecule has 0 aliphatic heterocycles. The zero-order chi connectivity index (χ0) is 25.4. The Morgan fingerprint density at radius 2 is 1.88 bits per heavy atom. The van der Waals surface area contributed by atoms with Gasteiger partial charge in [-0.2, -0.15) is 0 Å². The molecule has 1 aromatic rings. The number of likely N-dealkylation sites (N-methyl/N-ethyl adjacent to an activating group) is 1. The number of phenols is 1. The summed E-state index contributed by atoms with van der Waals surface area (Å²) in [6.07, 6.45) is 0.0227. The quantitative estimate of drug-likeness (QED) is 0.231. The van der Waals surface area contributed by atoms with E-state index < -0.39 is 74.4 Å². The van der Waals surface area contributed by atoms with Crippen LogP contribution in [0.2, 0.25) is 0 Å². The van der Waals surface area contributed by atoms with E-state index in [1.165, 1.54) is 19.0 Å². The summed E-state index contributed by atoms with van der Waals surface area (Å²) in [4.78, 5) is 50.5. The summed E-state index contributed by atoms with van der Waals surface area (Å²) >= 11 is 0. The van der Waals surface area contributed by atoms with Crippen molar-refractivity contribution in [2.45, 2.75) is 31.4 Å². The molecule has 0 unspecified atom stereocenters. The number of primary amides is 1. The number of carbonyl (C=O) groups is 3. The van der Waals surface area contributed by atoms with Gasteiger partial charge < -0.3 is 26.2 Å². The molecule has 0 radical (unpaired) electrons. The van der Waals surface area contributed by atoms with E-state index in [9.17, 15) is 44.9 Å². The number of aliphatic hydroxyl groups excluding tert-OH is 2. The number of hydrogen-bond donors (Lipinski definition) is 5. The number of carbonyl (C=O) groups excluding carboxylic acids is 3. The van der Waals surface area contributed by atoms with Gasteiger partial charge in [-0.3, -0.25) is 29.4 Å². The van der Waals surface area contributed by atoms with E-state index in [0.29, 0.717) is 11.1 Å². The topological polar surface area (TPSA) is 205 Å². The largest absolute Gasteiger partial charge is 0.510 e. The van der Waals surface area contributed by atoms with Crippen LogP contribution < -0.4 is 5.73 Å². The van der Waals surface area contributed by atoms with Crippen molar-refractivity contribution in [1.82, 2.24) is 4.90 Å². The number of benzene rings is 1. The lowest BCUT2D eigenvalue weighted by molar-refractivity contribution is -0.386. The molecule has 3 aliphatic carbocycles. The first-order valence-corrected chi connectivity index (χ1v) is 10.4. The molecular weight excluding hydrogens is 450 g/mol. The minimum atomic E-state index is -2.75. The second-order valence-corrected chi connectivity index (χ2v) is 9.13. The molecule has 0 bridgehead atoms. The van der Waals surface area contributed by atoms with Crippen LogP contribution in [0.25, 0.3) is 0 Å². The summed E-state index contributed by atoms with van der Waals surface area (Å²) in [5.74, 6) is -8.03. The summed E-state index contributed by atoms with van der Waals surface area (Å²) < 4.78 is 0. The van der Waals surface area contributed by atoms with Crippen molar-refractivity contribution < 1.29 is 39.7 Å². The Morgan fingerprint density at radius 1 is 1.26 bits per heavy atom. The molecule has 0 spiro atoms. The first-order chi connectivity index (χ1) is 15.7. The summed E-state index contributed by atoms with van der Waals surface area (Å²) in [5, 5.41) is 55.2. The average molecular weight is 473 g/mol. The van der Waals surface area contributed by atoms with Gasteiger partial charge in [0.1, 0.15) is 17.1 Å². The van der Waals surface area contributed by atoms with E-state index in [1.807, 2.05) is 0 Å². The molecular formula is C22H23N3O9. The second-order valence-electron chi connectivity index (χ2n) is 9.13. The first kappa shape index (κ1) is 23.4. The van der Waals surface area contributed by atoms with E-state index >= 15 is 0 Å². The molecule has 180 valence electrons. The van der Waals surface area contributed by atoms with Gasteiger partial charge in [0.25, 0.3) is 5.91 Å². The number of Topliss-reactive ketones (excluding diaryl/α,β-unsaturated/α-hetero) is 2. The van der Waals surface area contributed by atoms with Crippen molar-refractivity contribution >= 4 is 23.2 Å². The third kappa shape index (κ3) is 2.82. The number of nitro benzene ring substituents is 1. The predicted octanol–water partition coefficient (Wildman–Crippen LogP) is 0.337. The van der Waals surface area contributed by atoms with Gasteiger partial charge in [0.2, 0.25) is 11.5 Å². The van der Waals surface area contributed by atoms with Gasteiger partial charge in [-0.25, -0.2) is 0 Å². The first-order valence-electron chi connectivity index (χ1n) is 10.4. The van der Waals surface area contributed by atoms with E-state index in [-0.39, 0.29) is 24.0 Å². The Kier molecular flexibility index (Phi) is 5.07. The van der Waals surface area contributed by atoms with Crippen LogP contribution in [-0.4, -0.2) is 73.5 Å². The third-order valence-corrected chi connectivity index (χ3v) is 7.12. The van der Waals surface area contributed by atoms with Crippen molar-refractivity contribution in [3.8, 4) is 5.75 Å². The van der Waals surface area contributed by atoms with Gasteiger partial charge in [0.15, 0.2) is 11.4 Å². The second kappa shape index (κ2) is 7.37. The summed E-state index contributed by atoms with van der Waals surface area (Å²) in [6.45, 7) is 1.55. The zero-order valence-electron chi connectivity index (χ0n) is 18.5. The van der Waals surface area contributed by atoms with Gasteiger partial charge in [-0.15, -0.1) is 0 Å². The van der Waals surface area contributed by atoms with Crippen LogP contribution in [0.4, 0.5) is 5.69 Å². The molecule has 12 nitrogen and oxygen atoms in total. The number of nitrogens with zero attached hydrogens (tertiary/aromatic N) is 2. The summed E-state index contributed by atoms with van der Waals surface area (Å²) in [5.41, 5.74) is 0.909. The lowest BCUT2D eigenvalue weighted by Crippen LogP contribution is -2.63. The van der Waals surface area contributed by atoms with E-state index in [2.05, 4.69) is 0 Å². The summed E-state index contributed by atoms with van der Waals surface area (Å²) in [6, 6.07) is 0.0621. The molecule has 0 fully saturated rings. The van der Waals surface area contributed by atoms with Crippen LogP contribution in [-0.2, 0) is 16.0 Å². The van der Waals surface area contributed by atoms with Crippen molar-refractivity contribution in [3.63, 3.8) is 0 Å². The molecule has 3 aliphatic rings. The highest BCUT2D eigenvalue weighted by Gasteiger charge is 2.63. The Hall–Kier alpha value is -3.77. The molecule has 0 aromatic heterocycles. The van der Waals surface area contributed by atoms with Crippen LogP contribution in [0.3, 0.4) is 0 Å². The Balaban J connectivity index is 1.99. The molecule has 4 atom stereocenters. The number of aryl methyl sites for hydroxylation is 1. The van der Waals surface area contributed by atoms with Crippen LogP contribution in [0.5, 0.6) is 5.75 Å². The molecule has 0 saturated heterocycles. The number of aromatic hydroxyl groups is 1. The molecule has 6 N–H and O–H groups in total. The van der Waals surface area contributed by atoms with Gasteiger partial charge >= 0.3 is 5.69 Å². The minimum absolute atomic E-state index is 0.0526. The van der Waals surface area contributed by atoms with Gasteiger partial charge in [0, 0.05) is 17.6 Å². The molecule has 1 amide bonds. The Morgan fingerprint density at radius 3 is 2.41 bits per heavy atom. The Bertz CT molecular complexity index is 1260. The number of nitro groups is 1. The average Bonchev–Trinajstić information content (AvgIpc) is 2.72. The molecule has 0 heterocycles. The van der Waals surface area contributed by atoms with Crippen molar-refractivity contribution in [3.05, 3.63) is 55.5 Å². The van der Waals surface area contributed by atoms with Gasteiger partial charge in [-0.1, -0.05) is 0 Å². The van der Waals surface area contributed by atoms with E-state index in [4.69, 9.17) is 5.73 Å². The fraction of sp³-hybridized carbons (Fsp3) is 0.409. The van der Waals surface area contributed by atoms with Crippen LogP contribution in [0, 0.1) is 28.9 Å². The number of rotatable bonds is 3. The van der Waals surface area contributed by atoms with Crippen molar-refractivity contribution in [2.75, 3.05) is 14.1 Å². The number of amides is 1. The maximum Gasteiger partial charge on any atom is 0.311 e.